The molecule has 1 aromatic heterocycles. The summed E-state index contributed by atoms with van der Waals surface area (Å²) in [6.07, 6.45) is 6.25. The molecule has 2 N–H and O–H groups in total. The van der Waals surface area contributed by atoms with E-state index >= 15 is 0 Å². The summed E-state index contributed by atoms with van der Waals surface area (Å²) in [4.78, 5) is 19.3. The van der Waals surface area contributed by atoms with E-state index in [-0.39, 0.29) is 17.9 Å². The van der Waals surface area contributed by atoms with E-state index in [0.29, 0.717) is 18.3 Å². The van der Waals surface area contributed by atoms with Crippen LogP contribution >= 0.6 is 0 Å². The average Bonchev–Trinajstić information content (AvgIpc) is 3.42. The van der Waals surface area contributed by atoms with Crippen LogP contribution in [-0.2, 0) is 11.3 Å². The Bertz CT molecular complexity index is 734. The molecule has 1 aliphatic heterocycles. The van der Waals surface area contributed by atoms with Gasteiger partial charge in [-0.1, -0.05) is 42.3 Å². The average molecular weight is 340 g/mol. The van der Waals surface area contributed by atoms with Crippen molar-refractivity contribution in [2.24, 2.45) is 11.7 Å². The lowest BCUT2D eigenvalue weighted by Crippen LogP contribution is -2.35. The summed E-state index contributed by atoms with van der Waals surface area (Å²) in [5.41, 5.74) is 7.60. The van der Waals surface area contributed by atoms with Gasteiger partial charge in [0.1, 0.15) is 6.04 Å². The van der Waals surface area contributed by atoms with Crippen LogP contribution in [0.4, 0.5) is 0 Å². The topological polar surface area (TPSA) is 85.2 Å². The number of amides is 1. The minimum absolute atomic E-state index is 0.0716. The van der Waals surface area contributed by atoms with Crippen molar-refractivity contribution in [2.45, 2.75) is 51.1 Å². The first-order valence-electron chi connectivity index (χ1n) is 9.19. The van der Waals surface area contributed by atoms with E-state index < -0.39 is 0 Å². The Balaban J connectivity index is 1.52. The molecule has 1 aliphatic carbocycles. The molecule has 1 amide bonds. The SMILES string of the molecule is NCc1ccc(-c2noc(C3CCCN3C(=O)C3CCCC3)n2)cc1. The third-order valence-electron chi connectivity index (χ3n) is 5.41. The van der Waals surface area contributed by atoms with E-state index in [2.05, 4.69) is 10.1 Å². The van der Waals surface area contributed by atoms with Gasteiger partial charge in [0.15, 0.2) is 0 Å². The summed E-state index contributed by atoms with van der Waals surface area (Å²) < 4.78 is 5.52. The third-order valence-corrected chi connectivity index (χ3v) is 5.41. The second-order valence-corrected chi connectivity index (χ2v) is 7.03. The van der Waals surface area contributed by atoms with Crippen molar-refractivity contribution in [1.29, 1.82) is 0 Å². The molecule has 0 radical (unpaired) electrons. The van der Waals surface area contributed by atoms with Crippen LogP contribution < -0.4 is 5.73 Å². The molecule has 2 heterocycles. The maximum Gasteiger partial charge on any atom is 0.249 e. The molecule has 0 bridgehead atoms. The number of hydrogen-bond acceptors (Lipinski definition) is 5. The summed E-state index contributed by atoms with van der Waals surface area (Å²) in [6, 6.07) is 7.77. The maximum atomic E-state index is 12.8. The molecule has 2 fully saturated rings. The van der Waals surface area contributed by atoms with Gasteiger partial charge in [0, 0.05) is 24.6 Å². The highest BCUT2D eigenvalue weighted by atomic mass is 16.5. The normalized spacial score (nSPS) is 21.2. The quantitative estimate of drug-likeness (QED) is 0.924. The van der Waals surface area contributed by atoms with Gasteiger partial charge in [-0.25, -0.2) is 0 Å². The van der Waals surface area contributed by atoms with Crippen LogP contribution in [0.25, 0.3) is 11.4 Å². The highest BCUT2D eigenvalue weighted by molar-refractivity contribution is 5.79. The van der Waals surface area contributed by atoms with Crippen molar-refractivity contribution in [3.8, 4) is 11.4 Å². The lowest BCUT2D eigenvalue weighted by atomic mass is 10.1. The van der Waals surface area contributed by atoms with Gasteiger partial charge < -0.3 is 15.2 Å². The Kier molecular flexibility index (Phi) is 4.53. The number of carbonyl (C=O) groups excluding carboxylic acids is 1. The summed E-state index contributed by atoms with van der Waals surface area (Å²) >= 11 is 0. The van der Waals surface area contributed by atoms with Gasteiger partial charge in [0.25, 0.3) is 0 Å². The lowest BCUT2D eigenvalue weighted by Gasteiger charge is -2.24. The number of carbonyl (C=O) groups is 1. The van der Waals surface area contributed by atoms with Crippen LogP contribution in [0.15, 0.2) is 28.8 Å². The molecule has 132 valence electrons. The molecular formula is C19H24N4O2. The van der Waals surface area contributed by atoms with Gasteiger partial charge in [0.2, 0.25) is 17.6 Å². The van der Waals surface area contributed by atoms with Crippen LogP contribution in [0.2, 0.25) is 0 Å². The van der Waals surface area contributed by atoms with Crippen molar-refractivity contribution >= 4 is 5.91 Å². The minimum Gasteiger partial charge on any atom is -0.337 e. The molecule has 1 saturated carbocycles. The minimum atomic E-state index is -0.0716. The van der Waals surface area contributed by atoms with Crippen LogP contribution in [0, 0.1) is 5.92 Å². The number of hydrogen-bond donors (Lipinski definition) is 1. The van der Waals surface area contributed by atoms with E-state index in [9.17, 15) is 4.79 Å². The first kappa shape index (κ1) is 16.3. The highest BCUT2D eigenvalue weighted by Gasteiger charge is 2.37. The molecule has 1 unspecified atom stereocenters. The van der Waals surface area contributed by atoms with Crippen molar-refractivity contribution < 1.29 is 9.32 Å². The van der Waals surface area contributed by atoms with Gasteiger partial charge in [-0.2, -0.15) is 4.98 Å². The molecule has 2 aliphatic rings. The second kappa shape index (κ2) is 6.96. The Labute approximate surface area is 147 Å². The van der Waals surface area contributed by atoms with Gasteiger partial charge in [0.05, 0.1) is 0 Å². The fraction of sp³-hybridized carbons (Fsp3) is 0.526. The zero-order valence-corrected chi connectivity index (χ0v) is 14.4. The third kappa shape index (κ3) is 3.18. The van der Waals surface area contributed by atoms with Crippen LogP contribution in [0.5, 0.6) is 0 Å². The van der Waals surface area contributed by atoms with Crippen molar-refractivity contribution in [2.75, 3.05) is 6.54 Å². The predicted molar refractivity (Wildman–Crippen MR) is 93.3 cm³/mol. The smallest absolute Gasteiger partial charge is 0.249 e. The first-order chi connectivity index (χ1) is 12.3. The van der Waals surface area contributed by atoms with Gasteiger partial charge in [-0.3, -0.25) is 4.79 Å². The molecule has 1 atom stereocenters. The summed E-state index contributed by atoms with van der Waals surface area (Å²) in [7, 11) is 0. The van der Waals surface area contributed by atoms with Crippen molar-refractivity contribution in [3.05, 3.63) is 35.7 Å². The standard InChI is InChI=1S/C19H24N4O2/c20-12-13-7-9-14(10-8-13)17-21-18(25-22-17)16-6-3-11-23(16)19(24)15-4-1-2-5-15/h7-10,15-16H,1-6,11-12,20H2. The maximum absolute atomic E-state index is 12.8. The van der Waals surface area contributed by atoms with Crippen LogP contribution in [0.1, 0.15) is 56.0 Å². The predicted octanol–water partition coefficient (Wildman–Crippen LogP) is 3.05. The molecule has 6 heteroatoms. The fourth-order valence-electron chi connectivity index (χ4n) is 3.97. The van der Waals surface area contributed by atoms with Crippen molar-refractivity contribution in [3.63, 3.8) is 0 Å². The molecule has 1 aromatic carbocycles. The van der Waals surface area contributed by atoms with Gasteiger partial charge in [-0.05, 0) is 31.2 Å². The van der Waals surface area contributed by atoms with E-state index in [0.717, 1.165) is 43.4 Å². The van der Waals surface area contributed by atoms with Crippen molar-refractivity contribution in [1.82, 2.24) is 15.0 Å². The molecule has 4 rings (SSSR count). The molecule has 1 saturated heterocycles. The fourth-order valence-corrected chi connectivity index (χ4v) is 3.97. The van der Waals surface area contributed by atoms with Crippen LogP contribution in [0.3, 0.4) is 0 Å². The molecule has 6 nitrogen and oxygen atoms in total. The Hall–Kier alpha value is -2.21. The number of nitrogens with two attached hydrogens (primary N) is 1. The largest absolute Gasteiger partial charge is 0.337 e. The highest BCUT2D eigenvalue weighted by Crippen LogP contribution is 2.36. The van der Waals surface area contributed by atoms with Crippen LogP contribution in [-0.4, -0.2) is 27.5 Å². The zero-order valence-electron chi connectivity index (χ0n) is 14.4. The number of rotatable bonds is 4. The number of aromatic nitrogens is 2. The van der Waals surface area contributed by atoms with E-state index in [4.69, 9.17) is 10.3 Å². The molecule has 25 heavy (non-hydrogen) atoms. The summed E-state index contributed by atoms with van der Waals surface area (Å²) in [5, 5.41) is 4.12. The summed E-state index contributed by atoms with van der Waals surface area (Å²) in [5.74, 6) is 1.58. The molecule has 2 aromatic rings. The van der Waals surface area contributed by atoms with Gasteiger partial charge in [-0.15, -0.1) is 0 Å². The molecule has 0 spiro atoms. The van der Waals surface area contributed by atoms with E-state index in [1.54, 1.807) is 0 Å². The second-order valence-electron chi connectivity index (χ2n) is 7.03. The number of likely N-dealkylation sites (tertiary alicyclic amines) is 1. The van der Waals surface area contributed by atoms with E-state index in [1.807, 2.05) is 29.2 Å². The zero-order chi connectivity index (χ0) is 17.2. The van der Waals surface area contributed by atoms with E-state index in [1.165, 1.54) is 12.8 Å². The van der Waals surface area contributed by atoms with Gasteiger partial charge >= 0.3 is 0 Å². The molecular weight excluding hydrogens is 316 g/mol. The summed E-state index contributed by atoms with van der Waals surface area (Å²) in [6.45, 7) is 1.31. The lowest BCUT2D eigenvalue weighted by molar-refractivity contribution is -0.136. The number of benzene rings is 1. The Morgan fingerprint density at radius 1 is 1.16 bits per heavy atom. The Morgan fingerprint density at radius 2 is 1.92 bits per heavy atom. The Morgan fingerprint density at radius 3 is 2.64 bits per heavy atom. The monoisotopic (exact) mass is 340 g/mol. The first-order valence-corrected chi connectivity index (χ1v) is 9.19. The number of nitrogens with zero attached hydrogens (tertiary/aromatic N) is 3.